The van der Waals surface area contributed by atoms with Crippen molar-refractivity contribution in [1.29, 1.82) is 5.26 Å². The van der Waals surface area contributed by atoms with Crippen LogP contribution in [0.1, 0.15) is 24.9 Å². The number of nitrogens with one attached hydrogen (secondary N) is 1. The fourth-order valence-electron chi connectivity index (χ4n) is 1.48. The molecule has 0 bridgehead atoms. The molecule has 1 atom stereocenters. The summed E-state index contributed by atoms with van der Waals surface area (Å²) >= 11 is 0. The molecule has 1 N–H and O–H groups in total. The minimum atomic E-state index is 0.203. The molecule has 3 heteroatoms. The van der Waals surface area contributed by atoms with Gasteiger partial charge in [0.05, 0.1) is 13.2 Å². The van der Waals surface area contributed by atoms with Crippen molar-refractivity contribution in [2.45, 2.75) is 19.4 Å². The Hall–Kier alpha value is -1.53. The normalized spacial score (nSPS) is 11.8. The SMILES string of the molecule is COc1ccccc1C(C)NCCC#N. The van der Waals surface area contributed by atoms with Crippen LogP contribution in [-0.2, 0) is 0 Å². The van der Waals surface area contributed by atoms with Crippen molar-refractivity contribution in [3.05, 3.63) is 29.8 Å². The van der Waals surface area contributed by atoms with Gasteiger partial charge < -0.3 is 10.1 Å². The van der Waals surface area contributed by atoms with Crippen molar-refractivity contribution in [2.75, 3.05) is 13.7 Å². The zero-order valence-corrected chi connectivity index (χ0v) is 9.16. The Kier molecular flexibility index (Phi) is 4.65. The van der Waals surface area contributed by atoms with Crippen LogP contribution in [0.4, 0.5) is 0 Å². The third-order valence-corrected chi connectivity index (χ3v) is 2.29. The first-order valence-corrected chi connectivity index (χ1v) is 5.03. The zero-order valence-electron chi connectivity index (χ0n) is 9.16. The van der Waals surface area contributed by atoms with Gasteiger partial charge in [0, 0.05) is 24.6 Å². The van der Waals surface area contributed by atoms with Crippen LogP contribution in [0.3, 0.4) is 0 Å². The molecule has 1 unspecified atom stereocenters. The van der Waals surface area contributed by atoms with Crippen molar-refractivity contribution in [3.63, 3.8) is 0 Å². The van der Waals surface area contributed by atoms with E-state index in [-0.39, 0.29) is 6.04 Å². The number of hydrogen-bond donors (Lipinski definition) is 1. The van der Waals surface area contributed by atoms with Gasteiger partial charge in [0.1, 0.15) is 5.75 Å². The standard InChI is InChI=1S/C12H16N2O/c1-10(14-9-5-8-13)11-6-3-4-7-12(11)15-2/h3-4,6-7,10,14H,5,9H2,1-2H3. The molecule has 0 spiro atoms. The van der Waals surface area contributed by atoms with Crippen LogP contribution in [-0.4, -0.2) is 13.7 Å². The van der Waals surface area contributed by atoms with Crippen molar-refractivity contribution in [1.82, 2.24) is 5.32 Å². The summed E-state index contributed by atoms with van der Waals surface area (Å²) in [5.74, 6) is 0.884. The average molecular weight is 204 g/mol. The molecule has 0 saturated carbocycles. The maximum absolute atomic E-state index is 8.44. The van der Waals surface area contributed by atoms with Gasteiger partial charge in [0.15, 0.2) is 0 Å². The van der Waals surface area contributed by atoms with Gasteiger partial charge >= 0.3 is 0 Å². The van der Waals surface area contributed by atoms with Gasteiger partial charge in [-0.1, -0.05) is 18.2 Å². The lowest BCUT2D eigenvalue weighted by molar-refractivity contribution is 0.402. The highest BCUT2D eigenvalue weighted by Crippen LogP contribution is 2.23. The molecule has 1 rings (SSSR count). The number of nitriles is 1. The molecule has 1 aromatic carbocycles. The Balaban J connectivity index is 2.64. The van der Waals surface area contributed by atoms with Gasteiger partial charge in [-0.05, 0) is 13.0 Å². The Morgan fingerprint density at radius 2 is 2.20 bits per heavy atom. The summed E-state index contributed by atoms with van der Waals surface area (Å²) in [4.78, 5) is 0. The van der Waals surface area contributed by atoms with E-state index < -0.39 is 0 Å². The van der Waals surface area contributed by atoms with E-state index >= 15 is 0 Å². The number of nitrogens with zero attached hydrogens (tertiary/aromatic N) is 1. The maximum atomic E-state index is 8.44. The highest BCUT2D eigenvalue weighted by molar-refractivity contribution is 5.35. The zero-order chi connectivity index (χ0) is 11.1. The molecular formula is C12H16N2O. The lowest BCUT2D eigenvalue weighted by Gasteiger charge is -2.16. The molecule has 0 amide bonds. The number of para-hydroxylation sites is 1. The van der Waals surface area contributed by atoms with Gasteiger partial charge in [-0.2, -0.15) is 5.26 Å². The molecule has 0 fully saturated rings. The van der Waals surface area contributed by atoms with E-state index in [1.165, 1.54) is 0 Å². The molecule has 3 nitrogen and oxygen atoms in total. The molecule has 0 aromatic heterocycles. The Morgan fingerprint density at radius 3 is 2.87 bits per heavy atom. The van der Waals surface area contributed by atoms with E-state index in [2.05, 4.69) is 18.3 Å². The van der Waals surface area contributed by atoms with Gasteiger partial charge in [0.25, 0.3) is 0 Å². The molecule has 0 heterocycles. The third-order valence-electron chi connectivity index (χ3n) is 2.29. The highest BCUT2D eigenvalue weighted by Gasteiger charge is 2.09. The first-order valence-electron chi connectivity index (χ1n) is 5.03. The Bertz CT molecular complexity index is 344. The summed E-state index contributed by atoms with van der Waals surface area (Å²) < 4.78 is 5.27. The summed E-state index contributed by atoms with van der Waals surface area (Å²) in [5, 5.41) is 11.7. The Morgan fingerprint density at radius 1 is 1.47 bits per heavy atom. The molecule has 0 aliphatic heterocycles. The minimum Gasteiger partial charge on any atom is -0.496 e. The number of benzene rings is 1. The summed E-state index contributed by atoms with van der Waals surface area (Å²) in [5.41, 5.74) is 1.12. The van der Waals surface area contributed by atoms with Gasteiger partial charge in [0.2, 0.25) is 0 Å². The van der Waals surface area contributed by atoms with E-state index in [1.807, 2.05) is 24.3 Å². The van der Waals surface area contributed by atoms with Gasteiger partial charge in [-0.15, -0.1) is 0 Å². The lowest BCUT2D eigenvalue weighted by atomic mass is 10.1. The van der Waals surface area contributed by atoms with E-state index in [0.29, 0.717) is 13.0 Å². The van der Waals surface area contributed by atoms with Crippen LogP contribution < -0.4 is 10.1 Å². The van der Waals surface area contributed by atoms with Gasteiger partial charge in [-0.25, -0.2) is 0 Å². The third kappa shape index (κ3) is 3.26. The van der Waals surface area contributed by atoms with E-state index in [0.717, 1.165) is 11.3 Å². The van der Waals surface area contributed by atoms with Crippen LogP contribution in [0.2, 0.25) is 0 Å². The monoisotopic (exact) mass is 204 g/mol. The predicted molar refractivity (Wildman–Crippen MR) is 59.6 cm³/mol. The van der Waals surface area contributed by atoms with E-state index in [9.17, 15) is 0 Å². The van der Waals surface area contributed by atoms with Crippen molar-refractivity contribution >= 4 is 0 Å². The second kappa shape index (κ2) is 6.05. The molecule has 0 aliphatic rings. The molecule has 1 aromatic rings. The number of hydrogen-bond acceptors (Lipinski definition) is 3. The van der Waals surface area contributed by atoms with E-state index in [1.54, 1.807) is 7.11 Å². The average Bonchev–Trinajstić information content (AvgIpc) is 2.29. The number of ether oxygens (including phenoxy) is 1. The first kappa shape index (κ1) is 11.5. The fraction of sp³-hybridized carbons (Fsp3) is 0.417. The smallest absolute Gasteiger partial charge is 0.123 e. The summed E-state index contributed by atoms with van der Waals surface area (Å²) in [6.45, 7) is 2.77. The fourth-order valence-corrected chi connectivity index (χ4v) is 1.48. The molecule has 80 valence electrons. The quantitative estimate of drug-likeness (QED) is 0.748. The first-order chi connectivity index (χ1) is 7.29. The minimum absolute atomic E-state index is 0.203. The van der Waals surface area contributed by atoms with Crippen molar-refractivity contribution in [2.24, 2.45) is 0 Å². The Labute approximate surface area is 90.7 Å². The van der Waals surface area contributed by atoms with Gasteiger partial charge in [-0.3, -0.25) is 0 Å². The molecule has 0 saturated heterocycles. The maximum Gasteiger partial charge on any atom is 0.123 e. The molecule has 15 heavy (non-hydrogen) atoms. The molecule has 0 aliphatic carbocycles. The summed E-state index contributed by atoms with van der Waals surface area (Å²) in [7, 11) is 1.67. The second-order valence-corrected chi connectivity index (χ2v) is 3.33. The van der Waals surface area contributed by atoms with Crippen molar-refractivity contribution in [3.8, 4) is 11.8 Å². The largest absolute Gasteiger partial charge is 0.496 e. The van der Waals surface area contributed by atoms with Crippen LogP contribution in [0.25, 0.3) is 0 Å². The van der Waals surface area contributed by atoms with Crippen LogP contribution in [0.15, 0.2) is 24.3 Å². The van der Waals surface area contributed by atoms with E-state index in [4.69, 9.17) is 10.00 Å². The molecular weight excluding hydrogens is 188 g/mol. The van der Waals surface area contributed by atoms with Crippen LogP contribution >= 0.6 is 0 Å². The highest BCUT2D eigenvalue weighted by atomic mass is 16.5. The number of rotatable bonds is 5. The predicted octanol–water partition coefficient (Wildman–Crippen LogP) is 2.26. The second-order valence-electron chi connectivity index (χ2n) is 3.33. The van der Waals surface area contributed by atoms with Crippen LogP contribution in [0.5, 0.6) is 5.75 Å². The topological polar surface area (TPSA) is 45.0 Å². The van der Waals surface area contributed by atoms with Crippen molar-refractivity contribution < 1.29 is 4.74 Å². The lowest BCUT2D eigenvalue weighted by Crippen LogP contribution is -2.20. The number of methoxy groups -OCH3 is 1. The molecule has 0 radical (unpaired) electrons. The summed E-state index contributed by atoms with van der Waals surface area (Å²) in [6, 6.07) is 10.2. The summed E-state index contributed by atoms with van der Waals surface area (Å²) in [6.07, 6.45) is 0.527. The van der Waals surface area contributed by atoms with Crippen LogP contribution in [0, 0.1) is 11.3 Å².